The Bertz CT molecular complexity index is 440. The monoisotopic (exact) mass is 312 g/mol. The van der Waals surface area contributed by atoms with E-state index in [0.29, 0.717) is 26.3 Å². The maximum Gasteiger partial charge on any atom is 0.419 e. The smallest absolute Gasteiger partial charge is 0.419 e. The number of hydrogen-bond donors (Lipinski definition) is 2. The van der Waals surface area contributed by atoms with Crippen LogP contribution < -0.4 is 10.6 Å². The third kappa shape index (κ3) is 2.13. The van der Waals surface area contributed by atoms with Gasteiger partial charge >= 0.3 is 11.9 Å². The van der Waals surface area contributed by atoms with E-state index in [2.05, 4.69) is 10.6 Å². The number of carbonyl (C=O) groups is 2. The van der Waals surface area contributed by atoms with Crippen LogP contribution in [0.5, 0.6) is 0 Å². The lowest BCUT2D eigenvalue weighted by atomic mass is 9.91. The van der Waals surface area contributed by atoms with Gasteiger partial charge in [-0.25, -0.2) is 9.59 Å². The minimum absolute atomic E-state index is 0.458. The van der Waals surface area contributed by atoms with Crippen LogP contribution >= 0.6 is 0 Å². The molecule has 0 bridgehead atoms. The molecule has 0 saturated carbocycles. The molecule has 4 rings (SSSR count). The van der Waals surface area contributed by atoms with E-state index in [1.165, 1.54) is 0 Å². The molecular formula is C14H20N2O6. The van der Waals surface area contributed by atoms with Gasteiger partial charge in [-0.3, -0.25) is 10.6 Å². The number of esters is 2. The minimum Gasteiger partial charge on any atom is -0.435 e. The molecule has 4 unspecified atom stereocenters. The lowest BCUT2D eigenvalue weighted by molar-refractivity contribution is -0.216. The van der Waals surface area contributed by atoms with Gasteiger partial charge in [0.15, 0.2) is 12.5 Å². The average molecular weight is 312 g/mol. The van der Waals surface area contributed by atoms with Gasteiger partial charge in [0.1, 0.15) is 11.2 Å². The van der Waals surface area contributed by atoms with Crippen molar-refractivity contribution >= 4 is 11.9 Å². The first-order chi connectivity index (χ1) is 10.6. The average Bonchev–Trinajstić information content (AvgIpc) is 3.18. The zero-order chi connectivity index (χ0) is 15.2. The van der Waals surface area contributed by atoms with Crippen LogP contribution in [0.15, 0.2) is 0 Å². The highest BCUT2D eigenvalue weighted by atomic mass is 16.6. The molecule has 0 aromatic heterocycles. The van der Waals surface area contributed by atoms with Crippen molar-refractivity contribution in [3.8, 4) is 0 Å². The maximum atomic E-state index is 11.9. The first kappa shape index (κ1) is 14.4. The molecule has 122 valence electrons. The van der Waals surface area contributed by atoms with Crippen molar-refractivity contribution in [2.24, 2.45) is 0 Å². The van der Waals surface area contributed by atoms with Crippen molar-refractivity contribution in [1.82, 2.24) is 10.6 Å². The summed E-state index contributed by atoms with van der Waals surface area (Å²) in [6.45, 7) is 2.60. The van der Waals surface area contributed by atoms with Crippen LogP contribution in [-0.2, 0) is 28.5 Å². The predicted molar refractivity (Wildman–Crippen MR) is 71.6 cm³/mol. The van der Waals surface area contributed by atoms with Crippen LogP contribution in [0.25, 0.3) is 0 Å². The molecular weight excluding hydrogens is 292 g/mol. The van der Waals surface area contributed by atoms with E-state index >= 15 is 0 Å². The van der Waals surface area contributed by atoms with E-state index in [9.17, 15) is 9.59 Å². The van der Waals surface area contributed by atoms with Gasteiger partial charge < -0.3 is 18.9 Å². The lowest BCUT2D eigenvalue weighted by Crippen LogP contribution is -2.70. The zero-order valence-corrected chi connectivity index (χ0v) is 12.3. The van der Waals surface area contributed by atoms with E-state index in [1.54, 1.807) is 0 Å². The summed E-state index contributed by atoms with van der Waals surface area (Å²) in [5.74, 6) is -1.98. The number of rotatable bonds is 2. The highest BCUT2D eigenvalue weighted by Crippen LogP contribution is 2.36. The fourth-order valence-electron chi connectivity index (χ4n) is 3.56. The Hall–Kier alpha value is -1.22. The lowest BCUT2D eigenvalue weighted by Gasteiger charge is -2.46. The molecule has 8 heteroatoms. The van der Waals surface area contributed by atoms with Crippen molar-refractivity contribution < 1.29 is 28.5 Å². The van der Waals surface area contributed by atoms with Crippen LogP contribution in [0.1, 0.15) is 25.7 Å². The second-order valence-corrected chi connectivity index (χ2v) is 6.37. The molecule has 4 heterocycles. The fraction of sp³-hybridized carbons (Fsp3) is 0.857. The first-order valence-corrected chi connectivity index (χ1v) is 7.80. The predicted octanol–water partition coefficient (Wildman–Crippen LogP) is -0.970. The Morgan fingerprint density at radius 2 is 1.32 bits per heavy atom. The summed E-state index contributed by atoms with van der Waals surface area (Å²) in [7, 11) is 0. The largest absolute Gasteiger partial charge is 0.435 e. The van der Waals surface area contributed by atoms with Gasteiger partial charge in [0.2, 0.25) is 0 Å². The number of nitrogens with one attached hydrogen (secondary N) is 2. The summed E-state index contributed by atoms with van der Waals surface area (Å²) in [5.41, 5.74) is -0.916. The molecule has 4 fully saturated rings. The highest BCUT2D eigenvalue weighted by molar-refractivity contribution is 6.29. The molecule has 2 spiro atoms. The molecule has 4 aliphatic rings. The van der Waals surface area contributed by atoms with E-state index in [1.807, 2.05) is 0 Å². The van der Waals surface area contributed by atoms with E-state index < -0.39 is 35.6 Å². The SMILES string of the molecule is O=C(OC1NCC12CCCO2)C(=O)OC1NCC12CCCO2. The van der Waals surface area contributed by atoms with E-state index in [0.717, 1.165) is 25.7 Å². The van der Waals surface area contributed by atoms with Gasteiger partial charge in [-0.2, -0.15) is 0 Å². The van der Waals surface area contributed by atoms with Crippen LogP contribution in [0.4, 0.5) is 0 Å². The molecule has 0 amide bonds. The Labute approximate surface area is 127 Å². The fourth-order valence-corrected chi connectivity index (χ4v) is 3.56. The van der Waals surface area contributed by atoms with Gasteiger partial charge in [-0.1, -0.05) is 0 Å². The van der Waals surface area contributed by atoms with Crippen molar-refractivity contribution in [3.05, 3.63) is 0 Å². The van der Waals surface area contributed by atoms with Gasteiger partial charge in [0.05, 0.1) is 0 Å². The first-order valence-electron chi connectivity index (χ1n) is 7.80. The zero-order valence-electron chi connectivity index (χ0n) is 12.3. The van der Waals surface area contributed by atoms with Crippen LogP contribution in [0, 0.1) is 0 Å². The molecule has 4 atom stereocenters. The molecule has 8 nitrogen and oxygen atoms in total. The van der Waals surface area contributed by atoms with E-state index in [4.69, 9.17) is 18.9 Å². The Balaban J connectivity index is 1.30. The van der Waals surface area contributed by atoms with Crippen molar-refractivity contribution in [2.45, 2.75) is 49.3 Å². The molecule has 4 saturated heterocycles. The van der Waals surface area contributed by atoms with Crippen molar-refractivity contribution in [2.75, 3.05) is 26.3 Å². The second kappa shape index (κ2) is 5.16. The minimum atomic E-state index is -0.992. The highest BCUT2D eigenvalue weighted by Gasteiger charge is 2.55. The standard InChI is InChI=1S/C14H20N2O6/c17-9(21-11-13(7-15-11)3-1-5-19-13)10(18)22-12-14(8-16-12)4-2-6-20-14/h11-12,15-16H,1-8H2. The number of carbonyl (C=O) groups excluding carboxylic acids is 2. The summed E-state index contributed by atoms with van der Waals surface area (Å²) >= 11 is 0. The van der Waals surface area contributed by atoms with Gasteiger partial charge in [0.25, 0.3) is 0 Å². The normalized spacial score (nSPS) is 42.9. The number of ether oxygens (including phenoxy) is 4. The Kier molecular flexibility index (Phi) is 3.37. The summed E-state index contributed by atoms with van der Waals surface area (Å²) in [4.78, 5) is 23.8. The molecule has 0 aromatic carbocycles. The summed E-state index contributed by atoms with van der Waals surface area (Å²) < 4.78 is 21.6. The Morgan fingerprint density at radius 1 is 0.864 bits per heavy atom. The third-order valence-electron chi connectivity index (χ3n) is 5.01. The van der Waals surface area contributed by atoms with E-state index in [-0.39, 0.29) is 0 Å². The molecule has 22 heavy (non-hydrogen) atoms. The van der Waals surface area contributed by atoms with Gasteiger partial charge in [-0.05, 0) is 25.7 Å². The molecule has 0 radical (unpaired) electrons. The van der Waals surface area contributed by atoms with Crippen LogP contribution in [0.3, 0.4) is 0 Å². The van der Waals surface area contributed by atoms with Crippen LogP contribution in [-0.4, -0.2) is 61.9 Å². The Morgan fingerprint density at radius 3 is 1.59 bits per heavy atom. The summed E-state index contributed by atoms with van der Waals surface area (Å²) in [6.07, 6.45) is 2.39. The quantitative estimate of drug-likeness (QED) is 0.497. The summed E-state index contributed by atoms with van der Waals surface area (Å²) in [5, 5.41) is 5.96. The molecule has 4 aliphatic heterocycles. The second-order valence-electron chi connectivity index (χ2n) is 6.37. The topological polar surface area (TPSA) is 95.1 Å². The molecule has 0 aliphatic carbocycles. The molecule has 2 N–H and O–H groups in total. The third-order valence-corrected chi connectivity index (χ3v) is 5.01. The van der Waals surface area contributed by atoms with Gasteiger partial charge in [0, 0.05) is 26.3 Å². The number of hydrogen-bond acceptors (Lipinski definition) is 8. The maximum absolute atomic E-state index is 11.9. The van der Waals surface area contributed by atoms with Crippen LogP contribution in [0.2, 0.25) is 0 Å². The molecule has 0 aromatic rings. The van der Waals surface area contributed by atoms with Gasteiger partial charge in [-0.15, -0.1) is 0 Å². The van der Waals surface area contributed by atoms with Crippen molar-refractivity contribution in [3.63, 3.8) is 0 Å². The summed E-state index contributed by atoms with van der Waals surface area (Å²) in [6, 6.07) is 0. The van der Waals surface area contributed by atoms with Crippen molar-refractivity contribution in [1.29, 1.82) is 0 Å².